The molecule has 1 heterocycles. The molecule has 182 valence electrons. The first-order chi connectivity index (χ1) is 18.2. The van der Waals surface area contributed by atoms with Crippen LogP contribution < -0.4 is 5.32 Å². The summed E-state index contributed by atoms with van der Waals surface area (Å²) in [7, 11) is 0. The number of aliphatic hydroxyl groups excluding tert-OH is 1. The molecular weight excluding hydrogens is 476 g/mol. The molecule has 1 atom stereocenters. The summed E-state index contributed by atoms with van der Waals surface area (Å²) in [4.78, 5) is 0. The van der Waals surface area contributed by atoms with E-state index in [2.05, 4.69) is 94.8 Å². The van der Waals surface area contributed by atoms with E-state index < -0.39 is 6.10 Å². The predicted octanol–water partition coefficient (Wildman–Crippen LogP) is 8.25. The lowest BCUT2D eigenvalue weighted by molar-refractivity contribution is 0.169. The summed E-state index contributed by atoms with van der Waals surface area (Å²) in [6.07, 6.45) is -0.615. The van der Waals surface area contributed by atoms with Crippen LogP contribution in [0, 0.1) is 0 Å². The first-order valence-corrected chi connectivity index (χ1v) is 12.9. The minimum absolute atomic E-state index is 0.418. The lowest BCUT2D eigenvalue weighted by Gasteiger charge is -2.18. The van der Waals surface area contributed by atoms with Crippen molar-refractivity contribution in [3.8, 4) is 22.4 Å². The van der Waals surface area contributed by atoms with Crippen LogP contribution in [0.5, 0.6) is 0 Å². The van der Waals surface area contributed by atoms with E-state index in [1.807, 2.05) is 36.4 Å². The average molecular weight is 503 g/mol. The number of fused-ring (bicyclic) bond motifs is 3. The standard InChI is InChI=1S/C33H27ClN2O/c34-26-16-18-27(19-17-26)35-21-28(37)22-36-32(25-12-5-2-6-13-25)31(24-10-3-1-4-11-24)30-20-15-23-9-7-8-14-29(23)33(30)36/h1-20,28,35,37H,21-22H2/t28-/m1/s1. The number of hydrogen-bond acceptors (Lipinski definition) is 2. The van der Waals surface area contributed by atoms with Gasteiger partial charge in [-0.25, -0.2) is 0 Å². The van der Waals surface area contributed by atoms with Gasteiger partial charge in [-0.05, 0) is 40.8 Å². The van der Waals surface area contributed by atoms with Gasteiger partial charge in [0, 0.05) is 33.6 Å². The third-order valence-electron chi connectivity index (χ3n) is 6.84. The Morgan fingerprint density at radius 1 is 0.676 bits per heavy atom. The lowest BCUT2D eigenvalue weighted by atomic mass is 9.97. The molecule has 0 saturated heterocycles. The molecular formula is C33H27ClN2O. The van der Waals surface area contributed by atoms with Crippen molar-refractivity contribution in [1.29, 1.82) is 0 Å². The van der Waals surface area contributed by atoms with Crippen LogP contribution in [0.1, 0.15) is 0 Å². The zero-order chi connectivity index (χ0) is 25.2. The summed E-state index contributed by atoms with van der Waals surface area (Å²) in [5, 5.41) is 18.9. The average Bonchev–Trinajstić information content (AvgIpc) is 3.28. The monoisotopic (exact) mass is 502 g/mol. The van der Waals surface area contributed by atoms with Crippen LogP contribution in [0.3, 0.4) is 0 Å². The molecule has 6 aromatic rings. The van der Waals surface area contributed by atoms with Gasteiger partial charge in [0.1, 0.15) is 0 Å². The fraction of sp³-hybridized carbons (Fsp3) is 0.0909. The van der Waals surface area contributed by atoms with Gasteiger partial charge in [0.05, 0.1) is 23.9 Å². The van der Waals surface area contributed by atoms with Crippen molar-refractivity contribution in [1.82, 2.24) is 4.57 Å². The molecule has 0 aliphatic heterocycles. The first kappa shape index (κ1) is 23.4. The minimum atomic E-state index is -0.615. The second kappa shape index (κ2) is 10.1. The molecule has 0 saturated carbocycles. The van der Waals surface area contributed by atoms with Gasteiger partial charge in [-0.15, -0.1) is 0 Å². The maximum Gasteiger partial charge on any atom is 0.0891 e. The number of halogens is 1. The number of hydrogen-bond donors (Lipinski definition) is 2. The maximum absolute atomic E-state index is 11.3. The highest BCUT2D eigenvalue weighted by Gasteiger charge is 2.23. The molecule has 2 N–H and O–H groups in total. The number of rotatable bonds is 7. The van der Waals surface area contributed by atoms with Crippen molar-refractivity contribution in [2.45, 2.75) is 12.6 Å². The topological polar surface area (TPSA) is 37.2 Å². The Hall–Kier alpha value is -4.05. The molecule has 3 nitrogen and oxygen atoms in total. The highest BCUT2D eigenvalue weighted by molar-refractivity contribution is 6.30. The first-order valence-electron chi connectivity index (χ1n) is 12.5. The van der Waals surface area contributed by atoms with Crippen molar-refractivity contribution in [2.24, 2.45) is 0 Å². The zero-order valence-corrected chi connectivity index (χ0v) is 21.1. The molecule has 0 amide bonds. The molecule has 0 aliphatic carbocycles. The van der Waals surface area contributed by atoms with E-state index >= 15 is 0 Å². The normalized spacial score (nSPS) is 12.2. The van der Waals surface area contributed by atoms with Crippen LogP contribution in [0.25, 0.3) is 44.1 Å². The van der Waals surface area contributed by atoms with E-state index in [1.54, 1.807) is 0 Å². The molecule has 37 heavy (non-hydrogen) atoms. The van der Waals surface area contributed by atoms with Crippen LogP contribution in [-0.2, 0) is 6.54 Å². The molecule has 0 fully saturated rings. The fourth-order valence-corrected chi connectivity index (χ4v) is 5.30. The number of nitrogens with one attached hydrogen (secondary N) is 1. The molecule has 1 aromatic heterocycles. The Morgan fingerprint density at radius 3 is 2.05 bits per heavy atom. The number of anilines is 1. The molecule has 6 rings (SSSR count). The summed E-state index contributed by atoms with van der Waals surface area (Å²) in [6, 6.07) is 41.5. The lowest BCUT2D eigenvalue weighted by Crippen LogP contribution is -2.25. The van der Waals surface area contributed by atoms with Gasteiger partial charge in [0.25, 0.3) is 0 Å². The van der Waals surface area contributed by atoms with Crippen molar-refractivity contribution in [3.05, 3.63) is 126 Å². The largest absolute Gasteiger partial charge is 0.389 e. The highest BCUT2D eigenvalue weighted by atomic mass is 35.5. The number of nitrogens with zero attached hydrogens (tertiary/aromatic N) is 1. The van der Waals surface area contributed by atoms with Crippen molar-refractivity contribution >= 4 is 39.0 Å². The van der Waals surface area contributed by atoms with E-state index in [1.165, 1.54) is 21.7 Å². The van der Waals surface area contributed by atoms with Gasteiger partial charge in [-0.2, -0.15) is 0 Å². The van der Waals surface area contributed by atoms with Crippen LogP contribution in [0.15, 0.2) is 121 Å². The molecule has 4 heteroatoms. The Morgan fingerprint density at radius 2 is 1.32 bits per heavy atom. The highest BCUT2D eigenvalue weighted by Crippen LogP contribution is 2.43. The van der Waals surface area contributed by atoms with Gasteiger partial charge in [-0.1, -0.05) is 109 Å². The van der Waals surface area contributed by atoms with E-state index in [4.69, 9.17) is 11.6 Å². The predicted molar refractivity (Wildman–Crippen MR) is 156 cm³/mol. The maximum atomic E-state index is 11.3. The van der Waals surface area contributed by atoms with Crippen LogP contribution in [-0.4, -0.2) is 22.3 Å². The van der Waals surface area contributed by atoms with Crippen LogP contribution >= 0.6 is 11.6 Å². The molecule has 5 aromatic carbocycles. The van der Waals surface area contributed by atoms with Crippen molar-refractivity contribution in [2.75, 3.05) is 11.9 Å². The van der Waals surface area contributed by atoms with Gasteiger partial charge in [0.2, 0.25) is 0 Å². The Bertz CT molecular complexity index is 1660. The zero-order valence-electron chi connectivity index (χ0n) is 20.3. The molecule has 0 aliphatic rings. The molecule has 0 unspecified atom stereocenters. The Labute approximate surface area is 221 Å². The van der Waals surface area contributed by atoms with E-state index in [0.29, 0.717) is 18.1 Å². The van der Waals surface area contributed by atoms with Crippen molar-refractivity contribution in [3.63, 3.8) is 0 Å². The van der Waals surface area contributed by atoms with Crippen LogP contribution in [0.2, 0.25) is 5.02 Å². The Balaban J connectivity index is 1.54. The van der Waals surface area contributed by atoms with E-state index in [0.717, 1.165) is 28.0 Å². The molecule has 0 spiro atoms. The summed E-state index contributed by atoms with van der Waals surface area (Å²) >= 11 is 6.03. The summed E-state index contributed by atoms with van der Waals surface area (Å²) in [5.41, 5.74) is 6.66. The number of aromatic nitrogens is 1. The molecule has 0 radical (unpaired) electrons. The Kier molecular flexibility index (Phi) is 6.40. The third-order valence-corrected chi connectivity index (χ3v) is 7.09. The SMILES string of the molecule is O[C@H](CNc1ccc(Cl)cc1)Cn1c(-c2ccccc2)c(-c2ccccc2)c2ccc3ccccc3c21. The van der Waals surface area contributed by atoms with Crippen LogP contribution in [0.4, 0.5) is 5.69 Å². The van der Waals surface area contributed by atoms with Crippen molar-refractivity contribution < 1.29 is 5.11 Å². The van der Waals surface area contributed by atoms with Gasteiger partial charge in [-0.3, -0.25) is 0 Å². The second-order valence-corrected chi connectivity index (χ2v) is 9.73. The fourth-order valence-electron chi connectivity index (χ4n) is 5.18. The second-order valence-electron chi connectivity index (χ2n) is 9.29. The quantitative estimate of drug-likeness (QED) is 0.230. The number of benzene rings is 5. The van der Waals surface area contributed by atoms with E-state index in [9.17, 15) is 5.11 Å². The summed E-state index contributed by atoms with van der Waals surface area (Å²) < 4.78 is 2.31. The summed E-state index contributed by atoms with van der Waals surface area (Å²) in [6.45, 7) is 0.864. The number of aliphatic hydroxyl groups is 1. The van der Waals surface area contributed by atoms with Gasteiger partial charge < -0.3 is 15.0 Å². The van der Waals surface area contributed by atoms with Gasteiger partial charge in [0.15, 0.2) is 0 Å². The summed E-state index contributed by atoms with van der Waals surface area (Å²) in [5.74, 6) is 0. The third kappa shape index (κ3) is 4.60. The minimum Gasteiger partial charge on any atom is -0.389 e. The van der Waals surface area contributed by atoms with Gasteiger partial charge >= 0.3 is 0 Å². The molecule has 0 bridgehead atoms. The smallest absolute Gasteiger partial charge is 0.0891 e. The van der Waals surface area contributed by atoms with E-state index in [-0.39, 0.29) is 0 Å².